The topological polar surface area (TPSA) is 90.7 Å². The van der Waals surface area contributed by atoms with Crippen molar-refractivity contribution in [1.82, 2.24) is 10.3 Å². The molecule has 7 heteroatoms. The highest BCUT2D eigenvalue weighted by molar-refractivity contribution is 6.03. The number of ether oxygens (including phenoxy) is 2. The lowest BCUT2D eigenvalue weighted by Crippen LogP contribution is -2.32. The second-order valence-corrected chi connectivity index (χ2v) is 5.64. The molecule has 1 aliphatic heterocycles. The lowest BCUT2D eigenvalue weighted by molar-refractivity contribution is 0.0520. The quantitative estimate of drug-likeness (QED) is 0.809. The highest BCUT2D eigenvalue weighted by atomic mass is 16.5. The highest BCUT2D eigenvalue weighted by Crippen LogP contribution is 2.27. The van der Waals surface area contributed by atoms with Crippen molar-refractivity contribution in [3.8, 4) is 11.3 Å². The van der Waals surface area contributed by atoms with E-state index in [1.807, 2.05) is 0 Å². The molecule has 0 saturated carbocycles. The first kappa shape index (κ1) is 17.2. The zero-order valence-corrected chi connectivity index (χ0v) is 14.0. The fourth-order valence-electron chi connectivity index (χ4n) is 2.77. The smallest absolute Gasteiger partial charge is 0.360 e. The van der Waals surface area contributed by atoms with Gasteiger partial charge in [0, 0.05) is 18.7 Å². The van der Waals surface area contributed by atoms with E-state index in [1.54, 1.807) is 31.2 Å². The average molecular weight is 344 g/mol. The first-order valence-electron chi connectivity index (χ1n) is 8.30. The molecule has 0 unspecified atom stereocenters. The fraction of sp³-hybridized carbons (Fsp3) is 0.389. The summed E-state index contributed by atoms with van der Waals surface area (Å²) in [6.07, 6.45) is 3.18. The fourth-order valence-corrected chi connectivity index (χ4v) is 2.77. The molecular weight excluding hydrogens is 324 g/mol. The van der Waals surface area contributed by atoms with Crippen LogP contribution in [0.1, 0.15) is 40.6 Å². The number of nitrogens with zero attached hydrogens (tertiary/aromatic N) is 1. The van der Waals surface area contributed by atoms with Gasteiger partial charge in [0.1, 0.15) is 0 Å². The van der Waals surface area contributed by atoms with E-state index >= 15 is 0 Å². The Morgan fingerprint density at radius 1 is 1.36 bits per heavy atom. The molecule has 1 aliphatic rings. The van der Waals surface area contributed by atoms with Gasteiger partial charge in [-0.15, -0.1) is 0 Å². The molecule has 0 spiro atoms. The Morgan fingerprint density at radius 2 is 2.20 bits per heavy atom. The van der Waals surface area contributed by atoms with Crippen LogP contribution >= 0.6 is 0 Å². The van der Waals surface area contributed by atoms with Crippen molar-refractivity contribution in [3.05, 3.63) is 41.9 Å². The molecule has 3 rings (SSSR count). The number of oxazole rings is 1. The average Bonchev–Trinajstić information content (AvgIpc) is 3.31. The van der Waals surface area contributed by atoms with Crippen molar-refractivity contribution < 1.29 is 23.5 Å². The Kier molecular flexibility index (Phi) is 5.45. The van der Waals surface area contributed by atoms with E-state index in [-0.39, 0.29) is 30.1 Å². The number of nitrogens with one attached hydrogen (secondary N) is 1. The van der Waals surface area contributed by atoms with E-state index in [0.29, 0.717) is 17.7 Å². The molecule has 0 radical (unpaired) electrons. The van der Waals surface area contributed by atoms with Crippen molar-refractivity contribution in [1.29, 1.82) is 0 Å². The molecule has 1 aromatic heterocycles. The molecule has 1 fully saturated rings. The number of benzene rings is 1. The van der Waals surface area contributed by atoms with Gasteiger partial charge in [-0.3, -0.25) is 4.79 Å². The van der Waals surface area contributed by atoms with E-state index in [2.05, 4.69) is 10.3 Å². The minimum Gasteiger partial charge on any atom is -0.461 e. The summed E-state index contributed by atoms with van der Waals surface area (Å²) in [6.45, 7) is 3.13. The van der Waals surface area contributed by atoms with Crippen LogP contribution in [0.25, 0.3) is 11.3 Å². The third-order valence-corrected chi connectivity index (χ3v) is 3.97. The van der Waals surface area contributed by atoms with Crippen LogP contribution in [0, 0.1) is 0 Å². The summed E-state index contributed by atoms with van der Waals surface area (Å²) >= 11 is 0. The lowest BCUT2D eigenvalue weighted by atomic mass is 10.0. The number of esters is 1. The standard InChI is InChI=1S/C18H20N2O5/c1-2-23-18(22)15-16(25-11-20-15)13-7-3-4-8-14(13)17(21)19-10-12-6-5-9-24-12/h3-4,7-8,11-12H,2,5-6,9-10H2,1H3,(H,19,21)/t12-/m1/s1. The van der Waals surface area contributed by atoms with E-state index in [4.69, 9.17) is 13.9 Å². The number of rotatable bonds is 6. The predicted molar refractivity (Wildman–Crippen MR) is 89.2 cm³/mol. The normalized spacial score (nSPS) is 16.6. The van der Waals surface area contributed by atoms with E-state index in [0.717, 1.165) is 19.4 Å². The molecule has 2 aromatic rings. The number of carbonyl (C=O) groups excluding carboxylic acids is 2. The maximum atomic E-state index is 12.6. The first-order chi connectivity index (χ1) is 12.2. The molecule has 1 saturated heterocycles. The van der Waals surface area contributed by atoms with Crippen LogP contribution in [0.15, 0.2) is 35.1 Å². The third kappa shape index (κ3) is 3.88. The summed E-state index contributed by atoms with van der Waals surface area (Å²) in [4.78, 5) is 28.5. The Balaban J connectivity index is 1.82. The van der Waals surface area contributed by atoms with Crippen LogP contribution in [-0.2, 0) is 9.47 Å². The van der Waals surface area contributed by atoms with Gasteiger partial charge in [0.2, 0.25) is 0 Å². The Morgan fingerprint density at radius 3 is 2.96 bits per heavy atom. The summed E-state index contributed by atoms with van der Waals surface area (Å²) in [5, 5.41) is 2.87. The van der Waals surface area contributed by atoms with E-state index < -0.39 is 5.97 Å². The van der Waals surface area contributed by atoms with E-state index in [9.17, 15) is 9.59 Å². The number of hydrogen-bond donors (Lipinski definition) is 1. The minimum absolute atomic E-state index is 0.0523. The van der Waals surface area contributed by atoms with Gasteiger partial charge in [-0.1, -0.05) is 18.2 Å². The highest BCUT2D eigenvalue weighted by Gasteiger charge is 2.24. The molecule has 1 atom stereocenters. The number of amides is 1. The van der Waals surface area contributed by atoms with Gasteiger partial charge >= 0.3 is 5.97 Å². The van der Waals surface area contributed by atoms with Crippen molar-refractivity contribution in [2.75, 3.05) is 19.8 Å². The van der Waals surface area contributed by atoms with Crippen LogP contribution in [0.5, 0.6) is 0 Å². The van der Waals surface area contributed by atoms with Crippen molar-refractivity contribution in [2.24, 2.45) is 0 Å². The van der Waals surface area contributed by atoms with Gasteiger partial charge in [0.15, 0.2) is 17.8 Å². The number of carbonyl (C=O) groups is 2. The molecule has 7 nitrogen and oxygen atoms in total. The summed E-state index contributed by atoms with van der Waals surface area (Å²) in [5.74, 6) is -0.612. The summed E-state index contributed by atoms with van der Waals surface area (Å²) < 4.78 is 15.9. The Labute approximate surface area is 145 Å². The monoisotopic (exact) mass is 344 g/mol. The van der Waals surface area contributed by atoms with E-state index in [1.165, 1.54) is 6.39 Å². The molecule has 25 heavy (non-hydrogen) atoms. The molecule has 132 valence electrons. The molecule has 0 bridgehead atoms. The van der Waals surface area contributed by atoms with Crippen molar-refractivity contribution in [2.45, 2.75) is 25.9 Å². The van der Waals surface area contributed by atoms with Crippen LogP contribution in [0.3, 0.4) is 0 Å². The summed E-state index contributed by atoms with van der Waals surface area (Å²) in [7, 11) is 0. The van der Waals surface area contributed by atoms with Gasteiger partial charge in [0.05, 0.1) is 18.3 Å². The number of hydrogen-bond acceptors (Lipinski definition) is 6. The molecular formula is C18H20N2O5. The summed E-state index contributed by atoms with van der Waals surface area (Å²) in [5.41, 5.74) is 0.955. The van der Waals surface area contributed by atoms with Crippen LogP contribution in [-0.4, -0.2) is 42.7 Å². The van der Waals surface area contributed by atoms with Gasteiger partial charge in [-0.05, 0) is 25.8 Å². The minimum atomic E-state index is -0.583. The zero-order valence-electron chi connectivity index (χ0n) is 14.0. The van der Waals surface area contributed by atoms with Crippen LogP contribution in [0.2, 0.25) is 0 Å². The molecule has 1 amide bonds. The maximum Gasteiger partial charge on any atom is 0.360 e. The van der Waals surface area contributed by atoms with Gasteiger partial charge in [0.25, 0.3) is 5.91 Å². The summed E-state index contributed by atoms with van der Waals surface area (Å²) in [6, 6.07) is 6.91. The largest absolute Gasteiger partial charge is 0.461 e. The Hall–Kier alpha value is -2.67. The van der Waals surface area contributed by atoms with Gasteiger partial charge in [-0.2, -0.15) is 0 Å². The molecule has 2 heterocycles. The van der Waals surface area contributed by atoms with Crippen LogP contribution in [0.4, 0.5) is 0 Å². The second-order valence-electron chi connectivity index (χ2n) is 5.64. The molecule has 0 aliphatic carbocycles. The van der Waals surface area contributed by atoms with Crippen molar-refractivity contribution in [3.63, 3.8) is 0 Å². The molecule has 1 N–H and O–H groups in total. The third-order valence-electron chi connectivity index (χ3n) is 3.97. The zero-order chi connectivity index (χ0) is 17.6. The SMILES string of the molecule is CCOC(=O)c1ncoc1-c1ccccc1C(=O)NC[C@H]1CCCO1. The first-order valence-corrected chi connectivity index (χ1v) is 8.30. The lowest BCUT2D eigenvalue weighted by Gasteiger charge is -2.12. The van der Waals surface area contributed by atoms with Crippen molar-refractivity contribution >= 4 is 11.9 Å². The van der Waals surface area contributed by atoms with Crippen LogP contribution < -0.4 is 5.32 Å². The second kappa shape index (κ2) is 7.94. The molecule has 1 aromatic carbocycles. The Bertz CT molecular complexity index is 749. The van der Waals surface area contributed by atoms with Gasteiger partial charge in [-0.25, -0.2) is 9.78 Å². The van der Waals surface area contributed by atoms with Gasteiger partial charge < -0.3 is 19.2 Å². The maximum absolute atomic E-state index is 12.6. The number of aromatic nitrogens is 1. The predicted octanol–water partition coefficient (Wildman–Crippen LogP) is 2.43.